The van der Waals surface area contributed by atoms with E-state index in [1.54, 1.807) is 13.2 Å². The van der Waals surface area contributed by atoms with Crippen LogP contribution in [0.25, 0.3) is 0 Å². The topological polar surface area (TPSA) is 21.3 Å². The largest absolute Gasteiger partial charge is 0.383 e. The fraction of sp³-hybridized carbons (Fsp3) is 0.500. The van der Waals surface area contributed by atoms with Gasteiger partial charge in [-0.15, -0.1) is 0 Å². The van der Waals surface area contributed by atoms with Gasteiger partial charge in [-0.2, -0.15) is 0 Å². The number of nitrogens with one attached hydrogen (secondary N) is 1. The molecule has 1 rings (SSSR count). The number of benzene rings is 1. The van der Waals surface area contributed by atoms with Crippen molar-refractivity contribution in [3.8, 4) is 0 Å². The highest BCUT2D eigenvalue weighted by atomic mass is 35.5. The fourth-order valence-corrected chi connectivity index (χ4v) is 1.77. The highest BCUT2D eigenvalue weighted by molar-refractivity contribution is 6.31. The molecular weight excluding hydrogens is 229 g/mol. The first-order valence-corrected chi connectivity index (χ1v) is 5.74. The van der Waals surface area contributed by atoms with Crippen molar-refractivity contribution in [3.05, 3.63) is 34.6 Å². The number of hydrogen-bond donors (Lipinski definition) is 1. The summed E-state index contributed by atoms with van der Waals surface area (Å²) in [7, 11) is 1.62. The van der Waals surface area contributed by atoms with Gasteiger partial charge >= 0.3 is 0 Å². The summed E-state index contributed by atoms with van der Waals surface area (Å²) in [4.78, 5) is 0. The molecule has 0 fully saturated rings. The van der Waals surface area contributed by atoms with Gasteiger partial charge < -0.3 is 10.1 Å². The van der Waals surface area contributed by atoms with E-state index in [2.05, 4.69) is 12.2 Å². The monoisotopic (exact) mass is 245 g/mol. The van der Waals surface area contributed by atoms with E-state index in [1.165, 1.54) is 12.1 Å². The second kappa shape index (κ2) is 6.84. The Hall–Kier alpha value is -0.640. The van der Waals surface area contributed by atoms with Gasteiger partial charge in [0.05, 0.1) is 12.6 Å². The zero-order valence-electron chi connectivity index (χ0n) is 9.59. The van der Waals surface area contributed by atoms with Crippen molar-refractivity contribution < 1.29 is 9.13 Å². The number of hydrogen-bond acceptors (Lipinski definition) is 2. The Balaban J connectivity index is 2.85. The average Bonchev–Trinajstić information content (AvgIpc) is 2.28. The minimum atomic E-state index is -0.279. The molecule has 1 aromatic carbocycles. The van der Waals surface area contributed by atoms with Crippen LogP contribution < -0.4 is 5.32 Å². The Morgan fingerprint density at radius 1 is 1.50 bits per heavy atom. The summed E-state index contributed by atoms with van der Waals surface area (Å²) in [6.07, 6.45) is 1.01. The van der Waals surface area contributed by atoms with Crippen LogP contribution in [-0.4, -0.2) is 20.3 Å². The maximum atomic E-state index is 13.1. The summed E-state index contributed by atoms with van der Waals surface area (Å²) in [5.41, 5.74) is 0.747. The van der Waals surface area contributed by atoms with Crippen molar-refractivity contribution in [2.75, 3.05) is 20.3 Å². The van der Waals surface area contributed by atoms with Gasteiger partial charge in [0, 0.05) is 12.1 Å². The normalized spacial score (nSPS) is 12.8. The lowest BCUT2D eigenvalue weighted by Gasteiger charge is -2.19. The van der Waals surface area contributed by atoms with Crippen LogP contribution in [0.2, 0.25) is 5.02 Å². The molecule has 1 unspecified atom stereocenters. The smallest absolute Gasteiger partial charge is 0.123 e. The van der Waals surface area contributed by atoms with Crippen molar-refractivity contribution in [1.82, 2.24) is 5.32 Å². The maximum Gasteiger partial charge on any atom is 0.123 e. The lowest BCUT2D eigenvalue weighted by atomic mass is 10.1. The Morgan fingerprint density at radius 2 is 2.25 bits per heavy atom. The quantitative estimate of drug-likeness (QED) is 0.831. The average molecular weight is 246 g/mol. The molecule has 0 amide bonds. The van der Waals surface area contributed by atoms with E-state index in [4.69, 9.17) is 16.3 Å². The van der Waals surface area contributed by atoms with E-state index in [-0.39, 0.29) is 11.9 Å². The first kappa shape index (κ1) is 13.4. The van der Waals surface area contributed by atoms with Crippen molar-refractivity contribution >= 4 is 11.6 Å². The van der Waals surface area contributed by atoms with E-state index in [0.29, 0.717) is 11.6 Å². The van der Waals surface area contributed by atoms with Crippen LogP contribution in [0.3, 0.4) is 0 Å². The maximum absolute atomic E-state index is 13.1. The molecule has 0 aliphatic carbocycles. The molecule has 0 heterocycles. The van der Waals surface area contributed by atoms with E-state index in [0.717, 1.165) is 18.5 Å². The van der Waals surface area contributed by atoms with Gasteiger partial charge in [-0.1, -0.05) is 18.5 Å². The summed E-state index contributed by atoms with van der Waals surface area (Å²) in [5, 5.41) is 3.84. The molecule has 0 aromatic heterocycles. The summed E-state index contributed by atoms with van der Waals surface area (Å²) in [6, 6.07) is 4.32. The van der Waals surface area contributed by atoms with Gasteiger partial charge in [-0.3, -0.25) is 0 Å². The van der Waals surface area contributed by atoms with Crippen LogP contribution >= 0.6 is 11.6 Å². The second-order valence-electron chi connectivity index (χ2n) is 3.63. The van der Waals surface area contributed by atoms with Crippen LogP contribution in [0.1, 0.15) is 24.9 Å². The third-order valence-corrected chi connectivity index (χ3v) is 2.65. The summed E-state index contributed by atoms with van der Waals surface area (Å²) in [6.45, 7) is 3.40. The third-order valence-electron chi connectivity index (χ3n) is 2.31. The molecule has 0 saturated carbocycles. The Labute approximate surface area is 101 Å². The molecule has 0 aliphatic heterocycles. The Bertz CT molecular complexity index is 333. The zero-order chi connectivity index (χ0) is 12.0. The molecule has 0 radical (unpaired) electrons. The first-order chi connectivity index (χ1) is 7.69. The molecule has 0 saturated heterocycles. The highest BCUT2D eigenvalue weighted by Gasteiger charge is 2.14. The van der Waals surface area contributed by atoms with E-state index in [1.807, 2.05) is 0 Å². The van der Waals surface area contributed by atoms with Crippen LogP contribution in [0.15, 0.2) is 18.2 Å². The fourth-order valence-electron chi connectivity index (χ4n) is 1.53. The zero-order valence-corrected chi connectivity index (χ0v) is 10.4. The summed E-state index contributed by atoms with van der Waals surface area (Å²) in [5.74, 6) is -0.279. The Morgan fingerprint density at radius 3 is 2.88 bits per heavy atom. The molecule has 0 aliphatic rings. The van der Waals surface area contributed by atoms with Crippen molar-refractivity contribution in [2.24, 2.45) is 0 Å². The first-order valence-electron chi connectivity index (χ1n) is 5.36. The van der Waals surface area contributed by atoms with Crippen LogP contribution in [0.4, 0.5) is 4.39 Å². The molecule has 1 aromatic rings. The molecule has 0 spiro atoms. The van der Waals surface area contributed by atoms with Crippen molar-refractivity contribution in [1.29, 1.82) is 0 Å². The van der Waals surface area contributed by atoms with Crippen LogP contribution in [0, 0.1) is 5.82 Å². The van der Waals surface area contributed by atoms with Gasteiger partial charge in [0.25, 0.3) is 0 Å². The van der Waals surface area contributed by atoms with Crippen molar-refractivity contribution in [3.63, 3.8) is 0 Å². The Kier molecular flexibility index (Phi) is 5.74. The van der Waals surface area contributed by atoms with Gasteiger partial charge in [-0.25, -0.2) is 4.39 Å². The molecule has 2 nitrogen and oxygen atoms in total. The molecule has 90 valence electrons. The highest BCUT2D eigenvalue weighted by Crippen LogP contribution is 2.24. The minimum Gasteiger partial charge on any atom is -0.383 e. The standard InChI is InChI=1S/C12H17ClFNO/c1-3-6-15-12(8-16-2)10-7-9(14)4-5-11(10)13/h4-5,7,12,15H,3,6,8H2,1-2H3. The predicted molar refractivity (Wildman–Crippen MR) is 64.3 cm³/mol. The minimum absolute atomic E-state index is 0.0619. The van der Waals surface area contributed by atoms with Crippen LogP contribution in [-0.2, 0) is 4.74 Å². The lowest BCUT2D eigenvalue weighted by Crippen LogP contribution is -2.26. The van der Waals surface area contributed by atoms with Crippen molar-refractivity contribution in [2.45, 2.75) is 19.4 Å². The molecule has 1 atom stereocenters. The van der Waals surface area contributed by atoms with E-state index in [9.17, 15) is 4.39 Å². The molecule has 0 bridgehead atoms. The number of methoxy groups -OCH3 is 1. The molecule has 4 heteroatoms. The summed E-state index contributed by atoms with van der Waals surface area (Å²) < 4.78 is 18.2. The summed E-state index contributed by atoms with van der Waals surface area (Å²) >= 11 is 6.04. The van der Waals surface area contributed by atoms with Gasteiger partial charge in [-0.05, 0) is 36.7 Å². The van der Waals surface area contributed by atoms with E-state index < -0.39 is 0 Å². The number of ether oxygens (including phenoxy) is 1. The van der Waals surface area contributed by atoms with E-state index >= 15 is 0 Å². The molecular formula is C12H17ClFNO. The van der Waals surface area contributed by atoms with Crippen LogP contribution in [0.5, 0.6) is 0 Å². The molecule has 1 N–H and O–H groups in total. The lowest BCUT2D eigenvalue weighted by molar-refractivity contribution is 0.167. The van der Waals surface area contributed by atoms with Gasteiger partial charge in [0.15, 0.2) is 0 Å². The third kappa shape index (κ3) is 3.74. The molecule has 16 heavy (non-hydrogen) atoms. The second-order valence-corrected chi connectivity index (χ2v) is 4.04. The SMILES string of the molecule is CCCNC(COC)c1cc(F)ccc1Cl. The number of halogens is 2. The van der Waals surface area contributed by atoms with Gasteiger partial charge in [0.1, 0.15) is 5.82 Å². The number of rotatable bonds is 6. The van der Waals surface area contributed by atoms with Gasteiger partial charge in [0.2, 0.25) is 0 Å². The predicted octanol–water partition coefficient (Wildman–Crippen LogP) is 3.17.